The van der Waals surface area contributed by atoms with Gasteiger partial charge in [-0.3, -0.25) is 4.90 Å². The highest BCUT2D eigenvalue weighted by atomic mass is 16.6. The number of hydrogen-bond acceptors (Lipinski definition) is 5. The second kappa shape index (κ2) is 9.92. The van der Waals surface area contributed by atoms with E-state index in [0.29, 0.717) is 24.6 Å². The van der Waals surface area contributed by atoms with E-state index in [4.69, 9.17) is 4.74 Å². The molecule has 32 heavy (non-hydrogen) atoms. The van der Waals surface area contributed by atoms with Gasteiger partial charge in [0.1, 0.15) is 0 Å². The fraction of sp³-hybridized carbons (Fsp3) is 0.500. The fourth-order valence-corrected chi connectivity index (χ4v) is 4.98. The van der Waals surface area contributed by atoms with Crippen molar-refractivity contribution >= 4 is 17.5 Å². The second-order valence-electron chi connectivity index (χ2n) is 9.24. The number of carbonyl (C=O) groups is 1. The van der Waals surface area contributed by atoms with Crippen LogP contribution in [-0.2, 0) is 4.74 Å². The zero-order valence-electron chi connectivity index (χ0n) is 18.7. The topological polar surface area (TPSA) is 56.8 Å². The van der Waals surface area contributed by atoms with Crippen molar-refractivity contribution in [2.45, 2.75) is 43.7 Å². The number of hydrogen-bond donors (Lipinski definition) is 2. The largest absolute Gasteiger partial charge is 0.449 e. The highest BCUT2D eigenvalue weighted by molar-refractivity contribution is 5.88. The Kier molecular flexibility index (Phi) is 6.60. The Labute approximate surface area is 190 Å². The lowest BCUT2D eigenvalue weighted by atomic mass is 10.0. The van der Waals surface area contributed by atoms with E-state index in [1.54, 1.807) is 4.90 Å². The summed E-state index contributed by atoms with van der Waals surface area (Å²) < 4.78 is 5.13. The second-order valence-corrected chi connectivity index (χ2v) is 9.24. The number of piperidine rings is 1. The Hall–Kier alpha value is -2.57. The molecule has 2 heterocycles. The van der Waals surface area contributed by atoms with Gasteiger partial charge in [0.25, 0.3) is 0 Å². The number of rotatable bonds is 8. The summed E-state index contributed by atoms with van der Waals surface area (Å²) in [5, 5.41) is 7.42. The van der Waals surface area contributed by atoms with Crippen LogP contribution in [0.2, 0.25) is 0 Å². The number of ether oxygens (including phenoxy) is 1. The van der Waals surface area contributed by atoms with Gasteiger partial charge in [-0.25, -0.2) is 4.79 Å². The Morgan fingerprint density at radius 1 is 0.969 bits per heavy atom. The molecule has 2 saturated heterocycles. The zero-order valence-corrected chi connectivity index (χ0v) is 18.7. The third kappa shape index (κ3) is 5.25. The Morgan fingerprint density at radius 3 is 2.50 bits per heavy atom. The van der Waals surface area contributed by atoms with Gasteiger partial charge in [-0.2, -0.15) is 0 Å². The number of likely N-dealkylation sites (tertiary alicyclic amines) is 1. The third-order valence-electron chi connectivity index (χ3n) is 6.96. The predicted octanol–water partition coefficient (Wildman–Crippen LogP) is 4.06. The summed E-state index contributed by atoms with van der Waals surface area (Å²) >= 11 is 0. The highest BCUT2D eigenvalue weighted by Crippen LogP contribution is 2.41. The number of carbonyl (C=O) groups excluding carboxylic acids is 1. The minimum atomic E-state index is -0.243. The molecule has 0 spiro atoms. The monoisotopic (exact) mass is 434 g/mol. The van der Waals surface area contributed by atoms with Crippen molar-refractivity contribution in [1.29, 1.82) is 0 Å². The van der Waals surface area contributed by atoms with Gasteiger partial charge in [0.2, 0.25) is 0 Å². The van der Waals surface area contributed by atoms with E-state index in [1.165, 1.54) is 24.8 Å². The Bertz CT molecular complexity index is 880. The molecule has 6 nitrogen and oxygen atoms in total. The van der Waals surface area contributed by atoms with Crippen molar-refractivity contribution in [3.8, 4) is 0 Å². The SMILES string of the molecule is O=C1OCCCN1c1ccc(NCCN2CCC(N[C@@H]3C[C@H]3c3ccccc3)CC2)cc1. The van der Waals surface area contributed by atoms with Gasteiger partial charge in [0, 0.05) is 49.0 Å². The van der Waals surface area contributed by atoms with Gasteiger partial charge < -0.3 is 20.3 Å². The van der Waals surface area contributed by atoms with Crippen molar-refractivity contribution < 1.29 is 9.53 Å². The summed E-state index contributed by atoms with van der Waals surface area (Å²) in [7, 11) is 0. The first-order chi connectivity index (χ1) is 15.8. The first-order valence-electron chi connectivity index (χ1n) is 12.1. The number of amides is 1. The van der Waals surface area contributed by atoms with Crippen LogP contribution in [0.25, 0.3) is 0 Å². The van der Waals surface area contributed by atoms with E-state index in [2.05, 4.69) is 45.9 Å². The summed E-state index contributed by atoms with van der Waals surface area (Å²) in [4.78, 5) is 16.1. The molecule has 2 aliphatic heterocycles. The normalized spacial score (nSPS) is 24.2. The van der Waals surface area contributed by atoms with Crippen molar-refractivity contribution in [3.05, 3.63) is 60.2 Å². The maximum Gasteiger partial charge on any atom is 0.414 e. The van der Waals surface area contributed by atoms with Gasteiger partial charge in [-0.15, -0.1) is 0 Å². The van der Waals surface area contributed by atoms with Crippen LogP contribution in [0.1, 0.15) is 37.2 Å². The van der Waals surface area contributed by atoms with Crippen LogP contribution in [0.3, 0.4) is 0 Å². The molecular formula is C26H34N4O2. The molecule has 0 bridgehead atoms. The molecule has 2 atom stereocenters. The molecule has 3 fully saturated rings. The van der Waals surface area contributed by atoms with E-state index in [9.17, 15) is 4.79 Å². The van der Waals surface area contributed by atoms with E-state index in [-0.39, 0.29) is 6.09 Å². The first-order valence-corrected chi connectivity index (χ1v) is 12.1. The van der Waals surface area contributed by atoms with Crippen molar-refractivity contribution in [1.82, 2.24) is 10.2 Å². The minimum Gasteiger partial charge on any atom is -0.449 e. The molecule has 1 amide bonds. The third-order valence-corrected chi connectivity index (χ3v) is 6.96. The molecule has 3 aliphatic rings. The van der Waals surface area contributed by atoms with Crippen LogP contribution >= 0.6 is 0 Å². The van der Waals surface area contributed by atoms with Gasteiger partial charge in [0.05, 0.1) is 6.61 Å². The smallest absolute Gasteiger partial charge is 0.414 e. The Morgan fingerprint density at radius 2 is 1.75 bits per heavy atom. The molecule has 5 rings (SSSR count). The number of cyclic esters (lactones) is 1. The Balaban J connectivity index is 0.993. The van der Waals surface area contributed by atoms with Crippen molar-refractivity contribution in [2.75, 3.05) is 49.5 Å². The van der Waals surface area contributed by atoms with Crippen LogP contribution in [0.15, 0.2) is 54.6 Å². The summed E-state index contributed by atoms with van der Waals surface area (Å²) in [5.41, 5.74) is 3.48. The first kappa shape index (κ1) is 21.3. The molecule has 0 radical (unpaired) electrons. The van der Waals surface area contributed by atoms with E-state index in [1.807, 2.05) is 24.3 Å². The van der Waals surface area contributed by atoms with Crippen LogP contribution in [0, 0.1) is 0 Å². The summed E-state index contributed by atoms with van der Waals surface area (Å²) in [6, 6.07) is 20.3. The van der Waals surface area contributed by atoms with Crippen molar-refractivity contribution in [3.63, 3.8) is 0 Å². The lowest BCUT2D eigenvalue weighted by Gasteiger charge is -2.32. The molecule has 6 heteroatoms. The molecule has 2 N–H and O–H groups in total. The molecule has 1 saturated carbocycles. The average Bonchev–Trinajstić information content (AvgIpc) is 3.61. The molecule has 2 aromatic rings. The molecule has 0 unspecified atom stereocenters. The fourth-order valence-electron chi connectivity index (χ4n) is 4.98. The predicted molar refractivity (Wildman–Crippen MR) is 128 cm³/mol. The average molecular weight is 435 g/mol. The van der Waals surface area contributed by atoms with E-state index in [0.717, 1.165) is 50.5 Å². The maximum absolute atomic E-state index is 11.9. The van der Waals surface area contributed by atoms with Gasteiger partial charge >= 0.3 is 6.09 Å². The summed E-state index contributed by atoms with van der Waals surface area (Å²) in [6.45, 7) is 5.57. The zero-order chi connectivity index (χ0) is 21.8. The number of anilines is 2. The van der Waals surface area contributed by atoms with Gasteiger partial charge in [-0.05, 0) is 68.6 Å². The standard InChI is InChI=1S/C26H34N4O2/c31-26-30(14-4-18-32-26)23-9-7-21(8-10-23)27-13-17-29-15-11-22(12-16-29)28-25-19-24(25)20-5-2-1-3-6-20/h1-3,5-10,22,24-25,27-28H,4,11-19H2/t24-,25+/m0/s1. The highest BCUT2D eigenvalue weighted by Gasteiger charge is 2.39. The number of nitrogens with one attached hydrogen (secondary N) is 2. The molecule has 170 valence electrons. The summed E-state index contributed by atoms with van der Waals surface area (Å²) in [5.74, 6) is 0.713. The minimum absolute atomic E-state index is 0.243. The summed E-state index contributed by atoms with van der Waals surface area (Å²) in [6.07, 6.45) is 4.39. The van der Waals surface area contributed by atoms with Crippen LogP contribution in [0.5, 0.6) is 0 Å². The molecule has 2 aromatic carbocycles. The molecular weight excluding hydrogens is 400 g/mol. The number of benzene rings is 2. The van der Waals surface area contributed by atoms with E-state index < -0.39 is 0 Å². The van der Waals surface area contributed by atoms with Crippen LogP contribution in [0.4, 0.5) is 16.2 Å². The quantitative estimate of drug-likeness (QED) is 0.656. The number of nitrogens with zero attached hydrogens (tertiary/aromatic N) is 2. The van der Waals surface area contributed by atoms with Crippen LogP contribution in [-0.4, -0.2) is 62.4 Å². The lowest BCUT2D eigenvalue weighted by molar-refractivity contribution is 0.140. The van der Waals surface area contributed by atoms with Gasteiger partial charge in [0.15, 0.2) is 0 Å². The lowest BCUT2D eigenvalue weighted by Crippen LogP contribution is -2.44. The maximum atomic E-state index is 11.9. The molecule has 1 aliphatic carbocycles. The molecule has 0 aromatic heterocycles. The van der Waals surface area contributed by atoms with Crippen LogP contribution < -0.4 is 15.5 Å². The van der Waals surface area contributed by atoms with Gasteiger partial charge in [-0.1, -0.05) is 30.3 Å². The van der Waals surface area contributed by atoms with E-state index >= 15 is 0 Å². The van der Waals surface area contributed by atoms with Crippen molar-refractivity contribution in [2.24, 2.45) is 0 Å².